The average Bonchev–Trinajstić information content (AvgIpc) is 2.68. The third-order valence-corrected chi connectivity index (χ3v) is 5.41. The van der Waals surface area contributed by atoms with Gasteiger partial charge in [-0.05, 0) is 6.42 Å². The van der Waals surface area contributed by atoms with Gasteiger partial charge < -0.3 is 24.4 Å². The zero-order valence-electron chi connectivity index (χ0n) is 15.7. The third kappa shape index (κ3) is 3.53. The summed E-state index contributed by atoms with van der Waals surface area (Å²) < 4.78 is 15.3. The Bertz CT molecular complexity index is 751. The van der Waals surface area contributed by atoms with Crippen LogP contribution in [0, 0.1) is 17.3 Å². The molecule has 152 valence electrons. The van der Waals surface area contributed by atoms with E-state index < -0.39 is 54.0 Å². The number of hydrogen-bond acceptors (Lipinski definition) is 8. The van der Waals surface area contributed by atoms with Crippen LogP contribution in [-0.4, -0.2) is 60.7 Å². The van der Waals surface area contributed by atoms with E-state index in [2.05, 4.69) is 31.1 Å². The number of fused-ring (bicyclic) bond motifs is 1. The third-order valence-electron chi connectivity index (χ3n) is 5.41. The second-order valence-corrected chi connectivity index (χ2v) is 6.96. The normalized spacial score (nSPS) is 31.8. The highest BCUT2D eigenvalue weighted by atomic mass is 16.6. The number of methoxy groups -OCH3 is 1. The molecular formula is C20H24O8. The summed E-state index contributed by atoms with van der Waals surface area (Å²) in [5, 5.41) is 20.2. The summed E-state index contributed by atoms with van der Waals surface area (Å²) in [6.45, 7) is 13.9. The van der Waals surface area contributed by atoms with Crippen LogP contribution in [0.4, 0.5) is 0 Å². The molecule has 0 aromatic carbocycles. The molecule has 0 spiro atoms. The monoisotopic (exact) mass is 392 g/mol. The Hall–Kier alpha value is -2.71. The van der Waals surface area contributed by atoms with Gasteiger partial charge in [-0.1, -0.05) is 25.8 Å². The fourth-order valence-corrected chi connectivity index (χ4v) is 3.88. The highest BCUT2D eigenvalue weighted by molar-refractivity contribution is 5.91. The van der Waals surface area contributed by atoms with Crippen molar-refractivity contribution in [1.29, 1.82) is 0 Å². The summed E-state index contributed by atoms with van der Waals surface area (Å²) in [5.74, 6) is -4.21. The fourth-order valence-electron chi connectivity index (χ4n) is 3.88. The van der Waals surface area contributed by atoms with Crippen molar-refractivity contribution in [1.82, 2.24) is 0 Å². The van der Waals surface area contributed by atoms with Gasteiger partial charge in [-0.25, -0.2) is 14.4 Å². The van der Waals surface area contributed by atoms with Crippen molar-refractivity contribution in [2.45, 2.75) is 18.6 Å². The Morgan fingerprint density at radius 2 is 2.00 bits per heavy atom. The van der Waals surface area contributed by atoms with Crippen LogP contribution in [0.3, 0.4) is 0 Å². The number of aliphatic hydroxyl groups is 2. The van der Waals surface area contributed by atoms with Crippen molar-refractivity contribution in [3.05, 3.63) is 49.1 Å². The van der Waals surface area contributed by atoms with Gasteiger partial charge in [0.25, 0.3) is 0 Å². The van der Waals surface area contributed by atoms with Crippen LogP contribution >= 0.6 is 0 Å². The predicted molar refractivity (Wildman–Crippen MR) is 97.6 cm³/mol. The SMILES string of the molecule is C=CC12COC(=O)C(=C)C1C(O)C(C(=C)C(=O)OC)C(OC(=O)C(=C)CO)C2. The molecule has 0 aromatic heterocycles. The van der Waals surface area contributed by atoms with Crippen molar-refractivity contribution in [2.75, 3.05) is 20.3 Å². The van der Waals surface area contributed by atoms with Crippen molar-refractivity contribution in [2.24, 2.45) is 17.3 Å². The molecule has 8 nitrogen and oxygen atoms in total. The first-order chi connectivity index (χ1) is 13.1. The minimum Gasteiger partial charge on any atom is -0.466 e. The van der Waals surface area contributed by atoms with E-state index in [-0.39, 0.29) is 29.7 Å². The highest BCUT2D eigenvalue weighted by Gasteiger charge is 2.58. The summed E-state index contributed by atoms with van der Waals surface area (Å²) in [6, 6.07) is 0. The lowest BCUT2D eigenvalue weighted by Gasteiger charge is -2.52. The topological polar surface area (TPSA) is 119 Å². The Morgan fingerprint density at radius 1 is 1.36 bits per heavy atom. The van der Waals surface area contributed by atoms with Gasteiger partial charge in [-0.15, -0.1) is 6.58 Å². The van der Waals surface area contributed by atoms with E-state index in [1.54, 1.807) is 0 Å². The highest BCUT2D eigenvalue weighted by Crippen LogP contribution is 2.52. The first-order valence-corrected chi connectivity index (χ1v) is 8.57. The maximum absolute atomic E-state index is 12.2. The molecule has 28 heavy (non-hydrogen) atoms. The maximum Gasteiger partial charge on any atom is 0.336 e. The van der Waals surface area contributed by atoms with Gasteiger partial charge in [-0.3, -0.25) is 0 Å². The lowest BCUT2D eigenvalue weighted by atomic mass is 9.57. The van der Waals surface area contributed by atoms with Crippen molar-refractivity contribution in [3.63, 3.8) is 0 Å². The zero-order chi connectivity index (χ0) is 21.2. The number of carbonyl (C=O) groups is 3. The van der Waals surface area contributed by atoms with E-state index in [0.29, 0.717) is 0 Å². The first-order valence-electron chi connectivity index (χ1n) is 8.57. The largest absolute Gasteiger partial charge is 0.466 e. The minimum absolute atomic E-state index is 0.0332. The summed E-state index contributed by atoms with van der Waals surface area (Å²) in [6.07, 6.45) is -0.775. The summed E-state index contributed by atoms with van der Waals surface area (Å²) in [4.78, 5) is 36.3. The lowest BCUT2D eigenvalue weighted by molar-refractivity contribution is -0.177. The average molecular weight is 392 g/mol. The second-order valence-electron chi connectivity index (χ2n) is 6.96. The van der Waals surface area contributed by atoms with E-state index in [1.165, 1.54) is 6.08 Å². The summed E-state index contributed by atoms with van der Waals surface area (Å²) in [5.41, 5.74) is -1.23. The van der Waals surface area contributed by atoms with E-state index >= 15 is 0 Å². The molecule has 0 radical (unpaired) electrons. The molecule has 2 rings (SSSR count). The van der Waals surface area contributed by atoms with Gasteiger partial charge in [-0.2, -0.15) is 0 Å². The van der Waals surface area contributed by atoms with Gasteiger partial charge >= 0.3 is 17.9 Å². The lowest BCUT2D eigenvalue weighted by Crippen LogP contribution is -2.59. The van der Waals surface area contributed by atoms with E-state index in [1.807, 2.05) is 0 Å². The van der Waals surface area contributed by atoms with Crippen molar-refractivity contribution < 1.29 is 38.8 Å². The second kappa shape index (κ2) is 8.12. The van der Waals surface area contributed by atoms with Crippen LogP contribution < -0.4 is 0 Å². The Balaban J connectivity index is 2.50. The van der Waals surface area contributed by atoms with Gasteiger partial charge in [0.2, 0.25) is 0 Å². The molecule has 5 atom stereocenters. The van der Waals surface area contributed by atoms with Crippen LogP contribution in [0.1, 0.15) is 6.42 Å². The molecule has 1 saturated carbocycles. The van der Waals surface area contributed by atoms with Crippen LogP contribution in [0.5, 0.6) is 0 Å². The maximum atomic E-state index is 12.2. The zero-order valence-corrected chi connectivity index (χ0v) is 15.7. The van der Waals surface area contributed by atoms with Crippen LogP contribution in [0.2, 0.25) is 0 Å². The van der Waals surface area contributed by atoms with Gasteiger partial charge in [0.05, 0.1) is 31.3 Å². The summed E-state index contributed by atoms with van der Waals surface area (Å²) in [7, 11) is 1.16. The molecular weight excluding hydrogens is 368 g/mol. The Kier molecular flexibility index (Phi) is 6.26. The molecule has 2 fully saturated rings. The van der Waals surface area contributed by atoms with E-state index in [4.69, 9.17) is 14.6 Å². The smallest absolute Gasteiger partial charge is 0.336 e. The number of esters is 3. The molecule has 0 bridgehead atoms. The molecule has 8 heteroatoms. The number of aliphatic hydroxyl groups excluding tert-OH is 2. The number of hydrogen-bond donors (Lipinski definition) is 2. The number of cyclic esters (lactones) is 1. The molecule has 5 unspecified atom stereocenters. The molecule has 2 aliphatic rings. The standard InChI is InChI=1S/C20H24O8/c1-6-20-7-13(28-17(23)10(2)8-21)14(11(3)18(24)26-5)16(22)15(20)12(4)19(25)27-9-20/h6,13-16,21-22H,1-4,7-9H2,5H3. The molecule has 1 saturated heterocycles. The van der Waals surface area contributed by atoms with Crippen LogP contribution in [-0.2, 0) is 28.6 Å². The predicted octanol–water partition coefficient (Wildman–Crippen LogP) is 0.458. The fraction of sp³-hybridized carbons (Fsp3) is 0.450. The molecule has 1 aliphatic carbocycles. The number of rotatable bonds is 6. The number of ether oxygens (including phenoxy) is 3. The molecule has 0 aromatic rings. The van der Waals surface area contributed by atoms with Crippen molar-refractivity contribution >= 4 is 17.9 Å². The number of carbonyl (C=O) groups excluding carboxylic acids is 3. The van der Waals surface area contributed by atoms with Crippen LogP contribution in [0.15, 0.2) is 49.1 Å². The summed E-state index contributed by atoms with van der Waals surface area (Å²) >= 11 is 0. The molecule has 1 aliphatic heterocycles. The first kappa shape index (κ1) is 21.6. The quantitative estimate of drug-likeness (QED) is 0.290. The van der Waals surface area contributed by atoms with Gasteiger partial charge in [0, 0.05) is 22.5 Å². The van der Waals surface area contributed by atoms with Crippen LogP contribution in [0.25, 0.3) is 0 Å². The van der Waals surface area contributed by atoms with E-state index in [9.17, 15) is 19.5 Å². The Morgan fingerprint density at radius 3 is 2.54 bits per heavy atom. The molecule has 0 amide bonds. The van der Waals surface area contributed by atoms with Crippen molar-refractivity contribution in [3.8, 4) is 0 Å². The molecule has 1 heterocycles. The minimum atomic E-state index is -1.35. The van der Waals surface area contributed by atoms with Gasteiger partial charge in [0.1, 0.15) is 12.7 Å². The van der Waals surface area contributed by atoms with Gasteiger partial charge in [0.15, 0.2) is 0 Å². The molecule has 2 N–H and O–H groups in total. The van der Waals surface area contributed by atoms with E-state index in [0.717, 1.165) is 7.11 Å². The Labute approximate surface area is 162 Å².